The number of halogens is 2. The summed E-state index contributed by atoms with van der Waals surface area (Å²) in [6, 6.07) is 4.04. The number of hydrogen-bond acceptors (Lipinski definition) is 8. The van der Waals surface area contributed by atoms with Crippen LogP contribution in [-0.2, 0) is 33.0 Å². The normalized spacial score (nSPS) is 16.0. The van der Waals surface area contributed by atoms with Gasteiger partial charge in [0, 0.05) is 73.4 Å². The Balaban J connectivity index is 1.28. The summed E-state index contributed by atoms with van der Waals surface area (Å²) < 4.78 is 63.0. The Labute approximate surface area is 308 Å². The highest BCUT2D eigenvalue weighted by atomic mass is 32.2. The number of esters is 1. The third kappa shape index (κ3) is 8.17. The first-order valence-electron chi connectivity index (χ1n) is 18.2. The van der Waals surface area contributed by atoms with Gasteiger partial charge in [0.15, 0.2) is 21.5 Å². The summed E-state index contributed by atoms with van der Waals surface area (Å²) in [6.07, 6.45) is 12.3. The molecule has 0 radical (unpaired) electrons. The Hall–Kier alpha value is -4.59. The molecule has 4 aromatic rings. The van der Waals surface area contributed by atoms with Crippen LogP contribution < -0.4 is 10.5 Å². The predicted molar refractivity (Wildman–Crippen MR) is 200 cm³/mol. The molecule has 0 spiro atoms. The van der Waals surface area contributed by atoms with Gasteiger partial charge >= 0.3 is 5.97 Å². The number of aryl methyl sites for hydroxylation is 1. The molecule has 1 N–H and O–H groups in total. The van der Waals surface area contributed by atoms with Gasteiger partial charge in [-0.05, 0) is 63.3 Å². The number of anilines is 2. The van der Waals surface area contributed by atoms with Crippen LogP contribution in [0.1, 0.15) is 105 Å². The Morgan fingerprint density at radius 3 is 2.38 bits per heavy atom. The van der Waals surface area contributed by atoms with Gasteiger partial charge in [-0.25, -0.2) is 22.2 Å². The number of H-pyrrole nitrogens is 1. The molecule has 2 aliphatic heterocycles. The Kier molecular flexibility index (Phi) is 10.8. The number of carbonyl (C=O) groups is 2. The number of fused-ring (bicyclic) bond motifs is 3. The molecule has 2 aliphatic rings. The quantitative estimate of drug-likeness (QED) is 0.118. The van der Waals surface area contributed by atoms with Crippen LogP contribution in [0.5, 0.6) is 0 Å². The van der Waals surface area contributed by atoms with Crippen molar-refractivity contribution < 1.29 is 31.5 Å². The van der Waals surface area contributed by atoms with E-state index < -0.39 is 32.3 Å². The minimum absolute atomic E-state index is 0.0376. The van der Waals surface area contributed by atoms with Crippen LogP contribution in [0.2, 0.25) is 0 Å². The molecule has 1 amide bonds. The molecule has 1 atom stereocenters. The molecule has 6 rings (SSSR count). The maximum Gasteiger partial charge on any atom is 0.306 e. The van der Waals surface area contributed by atoms with Crippen molar-refractivity contribution in [1.29, 1.82) is 0 Å². The summed E-state index contributed by atoms with van der Waals surface area (Å²) in [5, 5.41) is -0.386. The van der Waals surface area contributed by atoms with Crippen molar-refractivity contribution in [2.45, 2.75) is 96.0 Å². The van der Waals surface area contributed by atoms with Gasteiger partial charge in [0.1, 0.15) is 16.9 Å². The van der Waals surface area contributed by atoms with Gasteiger partial charge in [0.25, 0.3) is 11.5 Å². The highest BCUT2D eigenvalue weighted by Gasteiger charge is 2.37. The lowest BCUT2D eigenvalue weighted by molar-refractivity contribution is -0.154. The number of sulfone groups is 1. The minimum atomic E-state index is -3.69. The van der Waals surface area contributed by atoms with E-state index in [1.54, 1.807) is 41.4 Å². The Morgan fingerprint density at radius 1 is 1.00 bits per heavy atom. The van der Waals surface area contributed by atoms with Gasteiger partial charge < -0.3 is 24.1 Å². The van der Waals surface area contributed by atoms with Crippen molar-refractivity contribution in [3.8, 4) is 11.1 Å². The third-order valence-corrected chi connectivity index (χ3v) is 11.5. The average molecular weight is 752 g/mol. The van der Waals surface area contributed by atoms with Crippen LogP contribution in [0, 0.1) is 11.6 Å². The molecule has 5 heterocycles. The van der Waals surface area contributed by atoms with E-state index in [9.17, 15) is 27.2 Å². The van der Waals surface area contributed by atoms with Gasteiger partial charge in [-0.15, -0.1) is 0 Å². The van der Waals surface area contributed by atoms with E-state index in [0.29, 0.717) is 51.8 Å². The van der Waals surface area contributed by atoms with Gasteiger partial charge in [-0.1, -0.05) is 32.1 Å². The average Bonchev–Trinajstić information content (AvgIpc) is 3.37. The monoisotopic (exact) mass is 751 g/mol. The second-order valence-electron chi connectivity index (χ2n) is 15.2. The Morgan fingerprint density at radius 2 is 1.70 bits per heavy atom. The van der Waals surface area contributed by atoms with E-state index in [2.05, 4.69) is 9.97 Å². The molecular formula is C39H47F2N5O6S. The molecule has 1 unspecified atom stereocenters. The zero-order valence-electron chi connectivity index (χ0n) is 30.9. The van der Waals surface area contributed by atoms with Gasteiger partial charge in [0.05, 0.1) is 23.7 Å². The number of unbranched alkanes of at least 4 members (excludes halogenated alkanes) is 6. The van der Waals surface area contributed by atoms with E-state index in [-0.39, 0.29) is 48.3 Å². The fourth-order valence-corrected chi connectivity index (χ4v) is 8.71. The van der Waals surface area contributed by atoms with Crippen LogP contribution >= 0.6 is 0 Å². The van der Waals surface area contributed by atoms with E-state index >= 15 is 4.39 Å². The zero-order valence-corrected chi connectivity index (χ0v) is 31.7. The van der Waals surface area contributed by atoms with Crippen molar-refractivity contribution in [2.24, 2.45) is 7.05 Å². The summed E-state index contributed by atoms with van der Waals surface area (Å²) in [4.78, 5) is 49.8. The number of benzene rings is 1. The number of aromatic amines is 1. The predicted octanol–water partition coefficient (Wildman–Crippen LogP) is 7.25. The molecule has 0 bridgehead atoms. The maximum absolute atomic E-state index is 15.5. The first-order chi connectivity index (χ1) is 25.0. The molecule has 3 aromatic heterocycles. The van der Waals surface area contributed by atoms with Crippen molar-refractivity contribution in [3.05, 3.63) is 75.5 Å². The molecule has 0 aliphatic carbocycles. The molecule has 0 fully saturated rings. The van der Waals surface area contributed by atoms with E-state index in [4.69, 9.17) is 4.74 Å². The largest absolute Gasteiger partial charge is 0.460 e. The summed E-state index contributed by atoms with van der Waals surface area (Å²) in [5.41, 5.74) is 2.25. The minimum Gasteiger partial charge on any atom is -0.460 e. The van der Waals surface area contributed by atoms with Crippen LogP contribution in [0.4, 0.5) is 20.3 Å². The first-order valence-corrected chi connectivity index (χ1v) is 20.2. The number of ether oxygens (including phenoxy) is 1. The van der Waals surface area contributed by atoms with E-state index in [1.165, 1.54) is 10.8 Å². The maximum atomic E-state index is 15.5. The second-order valence-corrected chi connectivity index (χ2v) is 17.5. The lowest BCUT2D eigenvalue weighted by Gasteiger charge is -2.27. The lowest BCUT2D eigenvalue weighted by atomic mass is 9.93. The number of amides is 1. The van der Waals surface area contributed by atoms with Crippen molar-refractivity contribution in [1.82, 2.24) is 19.4 Å². The summed E-state index contributed by atoms with van der Waals surface area (Å²) >= 11 is 0. The highest BCUT2D eigenvalue weighted by molar-refractivity contribution is 7.90. The number of aromatic nitrogens is 3. The van der Waals surface area contributed by atoms with Crippen LogP contribution in [0.15, 0.2) is 41.6 Å². The second kappa shape index (κ2) is 15.0. The molecular weight excluding hydrogens is 705 g/mol. The lowest BCUT2D eigenvalue weighted by Crippen LogP contribution is -2.32. The zero-order chi connectivity index (χ0) is 38.2. The van der Waals surface area contributed by atoms with Gasteiger partial charge in [-0.2, -0.15) is 0 Å². The molecule has 1 aromatic carbocycles. The van der Waals surface area contributed by atoms with Crippen LogP contribution in [0.25, 0.3) is 22.0 Å². The molecule has 0 saturated carbocycles. The van der Waals surface area contributed by atoms with E-state index in [0.717, 1.165) is 57.2 Å². The number of carbonyl (C=O) groups excluding carboxylic acids is 2. The van der Waals surface area contributed by atoms with Crippen molar-refractivity contribution in [2.75, 3.05) is 24.2 Å². The van der Waals surface area contributed by atoms with Crippen LogP contribution in [0.3, 0.4) is 0 Å². The standard InChI is InChI=1S/C39H47F2N5O6S/c1-39(2,3)52-33(47)13-11-9-7-6-8-10-12-15-45-16-14-32(53(5,50)51)27-18-26-29-23-44(4)38(49)35-34(29)24(20-42-35)22-46(31(26)19-28(27)37(45)48)36-30(41)17-25(40)21-43-36/h17-21,23,32,42H,6-16,22H2,1-5H3. The number of rotatable bonds is 12. The Bertz CT molecular complexity index is 2230. The number of nitrogens with zero attached hydrogens (tertiary/aromatic N) is 4. The van der Waals surface area contributed by atoms with E-state index in [1.807, 2.05) is 20.8 Å². The summed E-state index contributed by atoms with van der Waals surface area (Å²) in [6.45, 7) is 6.29. The van der Waals surface area contributed by atoms with Crippen molar-refractivity contribution >= 4 is 44.1 Å². The van der Waals surface area contributed by atoms with Crippen LogP contribution in [-0.4, -0.2) is 64.7 Å². The SMILES string of the molecule is Cn1cc2c3c(c[nH]c3c1=O)CN(c1ncc(F)cc1F)c1cc3c(cc1-2)C(S(C)(=O)=O)CCN(CCCCCCCCCC(=O)OC(C)(C)C)C3=O. The highest BCUT2D eigenvalue weighted by Crippen LogP contribution is 2.47. The first kappa shape index (κ1) is 38.1. The number of nitrogens with one attached hydrogen (secondary N) is 1. The third-order valence-electron chi connectivity index (χ3n) is 9.98. The number of pyridine rings is 2. The fourth-order valence-electron chi connectivity index (χ4n) is 7.52. The number of hydrogen-bond donors (Lipinski definition) is 1. The molecule has 11 nitrogen and oxygen atoms in total. The van der Waals surface area contributed by atoms with Gasteiger partial charge in [0.2, 0.25) is 0 Å². The molecule has 0 saturated heterocycles. The fraction of sp³-hybridized carbons (Fsp3) is 0.487. The smallest absolute Gasteiger partial charge is 0.306 e. The molecule has 53 heavy (non-hydrogen) atoms. The van der Waals surface area contributed by atoms with Crippen molar-refractivity contribution in [3.63, 3.8) is 0 Å². The molecule has 284 valence electrons. The molecule has 14 heteroatoms. The summed E-state index contributed by atoms with van der Waals surface area (Å²) in [7, 11) is -2.08. The summed E-state index contributed by atoms with van der Waals surface area (Å²) in [5.74, 6) is -2.44. The van der Waals surface area contributed by atoms with Gasteiger partial charge in [-0.3, -0.25) is 14.4 Å². The topological polar surface area (TPSA) is 135 Å².